The third-order valence-corrected chi connectivity index (χ3v) is 4.73. The third kappa shape index (κ3) is 4.69. The van der Waals surface area contributed by atoms with Crippen molar-refractivity contribution in [1.29, 1.82) is 0 Å². The molecule has 0 saturated carbocycles. The van der Waals surface area contributed by atoms with Crippen molar-refractivity contribution in [3.05, 3.63) is 42.1 Å². The number of aliphatic hydroxyl groups excluding tert-OH is 1. The number of piperazine rings is 1. The predicted molar refractivity (Wildman–Crippen MR) is 92.6 cm³/mol. The zero-order chi connectivity index (χ0) is 16.8. The molecule has 0 unspecified atom stereocenters. The van der Waals surface area contributed by atoms with Crippen molar-refractivity contribution in [1.82, 2.24) is 19.6 Å². The number of hydrogen-bond acceptors (Lipinski definition) is 5. The standard InChI is InChI=1S/C18H28N4O2/c1-16-4-5-18(24-16)15-21-12-11-20(14-17(21)6-13-23)8-3-10-22-9-2-7-19-22/h2,4-5,7,9,17,23H,3,6,8,10-15H2,1H3/t17-/m1/s1. The van der Waals surface area contributed by atoms with Crippen molar-refractivity contribution in [2.45, 2.75) is 38.9 Å². The van der Waals surface area contributed by atoms with Gasteiger partial charge in [0, 0.05) is 57.8 Å². The van der Waals surface area contributed by atoms with Gasteiger partial charge in [0.05, 0.1) is 6.54 Å². The Kier molecular flexibility index (Phi) is 6.07. The summed E-state index contributed by atoms with van der Waals surface area (Å²) in [5.41, 5.74) is 0. The highest BCUT2D eigenvalue weighted by Gasteiger charge is 2.27. The summed E-state index contributed by atoms with van der Waals surface area (Å²) < 4.78 is 7.71. The Morgan fingerprint density at radius 1 is 1.29 bits per heavy atom. The molecule has 2 aromatic rings. The molecule has 0 aromatic carbocycles. The lowest BCUT2D eigenvalue weighted by Crippen LogP contribution is -2.53. The maximum atomic E-state index is 9.41. The highest BCUT2D eigenvalue weighted by atomic mass is 16.3. The van der Waals surface area contributed by atoms with E-state index in [1.54, 1.807) is 0 Å². The maximum absolute atomic E-state index is 9.41. The average molecular weight is 332 g/mol. The molecular weight excluding hydrogens is 304 g/mol. The first-order chi connectivity index (χ1) is 11.7. The van der Waals surface area contributed by atoms with Crippen LogP contribution in [0.1, 0.15) is 24.4 Å². The van der Waals surface area contributed by atoms with Crippen molar-refractivity contribution >= 4 is 0 Å². The van der Waals surface area contributed by atoms with Crippen LogP contribution in [0.4, 0.5) is 0 Å². The molecule has 3 rings (SSSR count). The minimum atomic E-state index is 0.236. The molecule has 3 heterocycles. The van der Waals surface area contributed by atoms with Gasteiger partial charge in [0.25, 0.3) is 0 Å². The number of nitrogens with zero attached hydrogens (tertiary/aromatic N) is 4. The number of aryl methyl sites for hydroxylation is 2. The van der Waals surface area contributed by atoms with Crippen LogP contribution < -0.4 is 0 Å². The summed E-state index contributed by atoms with van der Waals surface area (Å²) in [6.07, 6.45) is 5.75. The second kappa shape index (κ2) is 8.46. The van der Waals surface area contributed by atoms with Gasteiger partial charge in [-0.15, -0.1) is 0 Å². The normalized spacial score (nSPS) is 19.8. The van der Waals surface area contributed by atoms with Crippen molar-refractivity contribution < 1.29 is 9.52 Å². The van der Waals surface area contributed by atoms with Crippen LogP contribution in [0.15, 0.2) is 35.0 Å². The number of rotatable bonds is 8. The number of hydrogen-bond donors (Lipinski definition) is 1. The topological polar surface area (TPSA) is 57.7 Å². The fourth-order valence-electron chi connectivity index (χ4n) is 3.45. The summed E-state index contributed by atoms with van der Waals surface area (Å²) in [6, 6.07) is 6.43. The zero-order valence-electron chi connectivity index (χ0n) is 14.5. The Balaban J connectivity index is 1.48. The molecule has 24 heavy (non-hydrogen) atoms. The van der Waals surface area contributed by atoms with E-state index in [0.29, 0.717) is 6.04 Å². The quantitative estimate of drug-likeness (QED) is 0.798. The molecule has 0 spiro atoms. The molecule has 1 fully saturated rings. The SMILES string of the molecule is Cc1ccc(CN2CCN(CCCn3cccn3)C[C@H]2CCO)o1. The molecule has 1 aliphatic rings. The first-order valence-electron chi connectivity index (χ1n) is 8.84. The summed E-state index contributed by atoms with van der Waals surface area (Å²) in [4.78, 5) is 4.95. The average Bonchev–Trinajstić information content (AvgIpc) is 3.22. The lowest BCUT2D eigenvalue weighted by Gasteiger charge is -2.41. The van der Waals surface area contributed by atoms with Crippen LogP contribution in [0.2, 0.25) is 0 Å². The molecule has 0 aliphatic carbocycles. The molecule has 1 aliphatic heterocycles. The van der Waals surface area contributed by atoms with Crippen LogP contribution >= 0.6 is 0 Å². The van der Waals surface area contributed by atoms with E-state index in [-0.39, 0.29) is 6.61 Å². The van der Waals surface area contributed by atoms with Gasteiger partial charge in [-0.1, -0.05) is 0 Å². The summed E-state index contributed by atoms with van der Waals surface area (Å²) in [6.45, 7) is 8.19. The van der Waals surface area contributed by atoms with Gasteiger partial charge in [-0.05, 0) is 38.0 Å². The molecule has 0 amide bonds. The molecular formula is C18H28N4O2. The Morgan fingerprint density at radius 3 is 2.92 bits per heavy atom. The largest absolute Gasteiger partial charge is 0.465 e. The molecule has 132 valence electrons. The zero-order valence-corrected chi connectivity index (χ0v) is 14.5. The van der Waals surface area contributed by atoms with E-state index in [1.807, 2.05) is 36.1 Å². The monoisotopic (exact) mass is 332 g/mol. The van der Waals surface area contributed by atoms with E-state index < -0.39 is 0 Å². The van der Waals surface area contributed by atoms with Crippen molar-refractivity contribution in [2.75, 3.05) is 32.8 Å². The lowest BCUT2D eigenvalue weighted by atomic mass is 10.1. The van der Waals surface area contributed by atoms with Gasteiger partial charge >= 0.3 is 0 Å². The second-order valence-electron chi connectivity index (χ2n) is 6.57. The van der Waals surface area contributed by atoms with Gasteiger partial charge in [-0.3, -0.25) is 9.58 Å². The van der Waals surface area contributed by atoms with Crippen molar-refractivity contribution in [3.8, 4) is 0 Å². The number of aliphatic hydroxyl groups is 1. The molecule has 6 heteroatoms. The van der Waals surface area contributed by atoms with E-state index in [1.165, 1.54) is 0 Å². The maximum Gasteiger partial charge on any atom is 0.118 e. The van der Waals surface area contributed by atoms with Gasteiger partial charge < -0.3 is 14.4 Å². The molecule has 1 N–H and O–H groups in total. The minimum absolute atomic E-state index is 0.236. The van der Waals surface area contributed by atoms with Crippen LogP contribution in [-0.2, 0) is 13.1 Å². The molecule has 1 saturated heterocycles. The summed E-state index contributed by atoms with van der Waals surface area (Å²) in [7, 11) is 0. The molecule has 0 bridgehead atoms. The Bertz CT molecular complexity index is 596. The van der Waals surface area contributed by atoms with E-state index in [9.17, 15) is 5.11 Å². The van der Waals surface area contributed by atoms with Crippen LogP contribution in [-0.4, -0.2) is 63.5 Å². The van der Waals surface area contributed by atoms with Gasteiger partial charge in [0.2, 0.25) is 0 Å². The lowest BCUT2D eigenvalue weighted by molar-refractivity contribution is 0.0479. The number of furan rings is 1. The first-order valence-corrected chi connectivity index (χ1v) is 8.84. The highest BCUT2D eigenvalue weighted by Crippen LogP contribution is 2.18. The Hall–Kier alpha value is -1.63. The van der Waals surface area contributed by atoms with Crippen LogP contribution in [0.5, 0.6) is 0 Å². The van der Waals surface area contributed by atoms with Crippen molar-refractivity contribution in [2.24, 2.45) is 0 Å². The fourth-order valence-corrected chi connectivity index (χ4v) is 3.45. The summed E-state index contributed by atoms with van der Waals surface area (Å²) in [5.74, 6) is 1.98. The predicted octanol–water partition coefficient (Wildman–Crippen LogP) is 1.74. The van der Waals surface area contributed by atoms with E-state index >= 15 is 0 Å². The molecule has 6 nitrogen and oxygen atoms in total. The smallest absolute Gasteiger partial charge is 0.118 e. The van der Waals surface area contributed by atoms with E-state index in [2.05, 4.69) is 21.0 Å². The van der Waals surface area contributed by atoms with E-state index in [0.717, 1.165) is 63.6 Å². The summed E-state index contributed by atoms with van der Waals surface area (Å²) in [5, 5.41) is 13.7. The van der Waals surface area contributed by atoms with Gasteiger partial charge in [-0.25, -0.2) is 0 Å². The van der Waals surface area contributed by atoms with Crippen LogP contribution in [0.25, 0.3) is 0 Å². The van der Waals surface area contributed by atoms with Gasteiger partial charge in [-0.2, -0.15) is 5.10 Å². The van der Waals surface area contributed by atoms with Gasteiger partial charge in [0.1, 0.15) is 11.5 Å². The van der Waals surface area contributed by atoms with Crippen LogP contribution in [0, 0.1) is 6.92 Å². The Labute approximate surface area is 143 Å². The minimum Gasteiger partial charge on any atom is -0.465 e. The number of aromatic nitrogens is 2. The van der Waals surface area contributed by atoms with E-state index in [4.69, 9.17) is 4.42 Å². The molecule has 1 atom stereocenters. The van der Waals surface area contributed by atoms with Gasteiger partial charge in [0.15, 0.2) is 0 Å². The molecule has 0 radical (unpaired) electrons. The highest BCUT2D eigenvalue weighted by molar-refractivity contribution is 5.06. The van der Waals surface area contributed by atoms with Crippen LogP contribution in [0.3, 0.4) is 0 Å². The van der Waals surface area contributed by atoms with Crippen molar-refractivity contribution in [3.63, 3.8) is 0 Å². The third-order valence-electron chi connectivity index (χ3n) is 4.73. The second-order valence-corrected chi connectivity index (χ2v) is 6.57. The summed E-state index contributed by atoms with van der Waals surface area (Å²) >= 11 is 0. The fraction of sp³-hybridized carbons (Fsp3) is 0.611. The first kappa shape index (κ1) is 17.2. The molecule has 2 aromatic heterocycles. The Morgan fingerprint density at radius 2 is 2.21 bits per heavy atom.